The fourth-order valence-electron chi connectivity index (χ4n) is 0.984. The molecule has 0 aromatic heterocycles. The van der Waals surface area contributed by atoms with Crippen molar-refractivity contribution in [1.29, 1.82) is 0 Å². The van der Waals surface area contributed by atoms with Crippen LogP contribution in [-0.4, -0.2) is 22.2 Å². The third-order valence-electron chi connectivity index (χ3n) is 2.80. The quantitative estimate of drug-likeness (QED) is 0.544. The van der Waals surface area contributed by atoms with Gasteiger partial charge in [0, 0.05) is 11.1 Å². The van der Waals surface area contributed by atoms with Crippen molar-refractivity contribution < 1.29 is 0 Å². The van der Waals surface area contributed by atoms with Crippen molar-refractivity contribution in [3.63, 3.8) is 0 Å². The van der Waals surface area contributed by atoms with Gasteiger partial charge in [-0.25, -0.2) is 0 Å². The Morgan fingerprint density at radius 1 is 1.30 bits per heavy atom. The molecule has 1 saturated heterocycles. The number of nitrogens with one attached hydrogen (secondary N) is 1. The predicted molar refractivity (Wildman–Crippen MR) is 43.9 cm³/mol. The van der Waals surface area contributed by atoms with Crippen molar-refractivity contribution >= 4 is 11.8 Å². The summed E-state index contributed by atoms with van der Waals surface area (Å²) in [4.78, 5) is 0. The average Bonchev–Trinajstić information content (AvgIpc) is 1.94. The minimum absolute atomic E-state index is 0.0363. The van der Waals surface area contributed by atoms with Gasteiger partial charge in [0.25, 0.3) is 0 Å². The zero-order valence-corrected chi connectivity index (χ0v) is 7.79. The van der Waals surface area contributed by atoms with Crippen LogP contribution in [0.5, 0.6) is 0 Å². The highest BCUT2D eigenvalue weighted by Crippen LogP contribution is 2.33. The van der Waals surface area contributed by atoms with Crippen LogP contribution >= 0.6 is 11.8 Å². The minimum atomic E-state index is 0.0363. The summed E-state index contributed by atoms with van der Waals surface area (Å²) in [6, 6.07) is 0. The van der Waals surface area contributed by atoms with Crippen LogP contribution in [0.25, 0.3) is 0 Å². The summed E-state index contributed by atoms with van der Waals surface area (Å²) in [5.74, 6) is 0. The molecule has 0 saturated carbocycles. The molecule has 0 aromatic rings. The largest absolute Gasteiger partial charge is 0.296 e. The monoisotopic (exact) mass is 162 g/mol. The van der Waals surface area contributed by atoms with Gasteiger partial charge in [0.15, 0.2) is 0 Å². The van der Waals surface area contributed by atoms with Crippen LogP contribution in [0.1, 0.15) is 27.7 Å². The summed E-state index contributed by atoms with van der Waals surface area (Å²) < 4.78 is 1.81. The van der Waals surface area contributed by atoms with Crippen LogP contribution in [0.3, 0.4) is 0 Å². The van der Waals surface area contributed by atoms with Crippen molar-refractivity contribution in [2.75, 3.05) is 6.67 Å². The molecule has 0 spiro atoms. The lowest BCUT2D eigenvalue weighted by molar-refractivity contribution is 0.221. The molecule has 0 aliphatic carbocycles. The van der Waals surface area contributed by atoms with Crippen molar-refractivity contribution in [2.24, 2.45) is 0 Å². The maximum atomic E-state index is 5.96. The topological polar surface area (TPSA) is 15.3 Å². The van der Waals surface area contributed by atoms with E-state index in [4.69, 9.17) is 11.8 Å². The molecule has 0 atom stereocenters. The van der Waals surface area contributed by atoms with E-state index in [1.165, 1.54) is 0 Å². The number of rotatable bonds is 0. The molecule has 60 valence electrons. The first-order chi connectivity index (χ1) is 4.38. The molecule has 1 fully saturated rings. The third-order valence-corrected chi connectivity index (χ3v) is 3.34. The van der Waals surface area contributed by atoms with E-state index in [0.29, 0.717) is 0 Å². The van der Waals surface area contributed by atoms with Gasteiger partial charge in [0.05, 0.1) is 6.67 Å². The summed E-state index contributed by atoms with van der Waals surface area (Å²) >= 11 is 5.96. The first-order valence-corrected chi connectivity index (χ1v) is 3.90. The van der Waals surface area contributed by atoms with Gasteiger partial charge in [-0.05, 0) is 39.5 Å². The lowest BCUT2D eigenvalue weighted by Gasteiger charge is -2.36. The molecule has 0 aromatic carbocycles. The van der Waals surface area contributed by atoms with Crippen LogP contribution in [-0.2, 0) is 0 Å². The van der Waals surface area contributed by atoms with E-state index in [0.717, 1.165) is 6.67 Å². The number of hydrogen-bond donors (Lipinski definition) is 1. The summed E-state index contributed by atoms with van der Waals surface area (Å²) in [6.45, 7) is 9.37. The average molecular weight is 163 g/mol. The zero-order chi connectivity index (χ0) is 7.99. The molecule has 1 rings (SSSR count). The highest BCUT2D eigenvalue weighted by molar-refractivity contribution is 6.14. The fraction of sp³-hybridized carbons (Fsp3) is 1.00. The Kier molecular flexibility index (Phi) is 1.74. The zero-order valence-electron chi connectivity index (χ0n) is 7.03. The van der Waals surface area contributed by atoms with E-state index in [1.807, 2.05) is 4.42 Å². The first kappa shape index (κ1) is 8.31. The van der Waals surface area contributed by atoms with E-state index < -0.39 is 0 Å². The molecular formula is C7H15ClN2. The molecular weight excluding hydrogens is 148 g/mol. The van der Waals surface area contributed by atoms with Crippen molar-refractivity contribution in [3.05, 3.63) is 0 Å². The van der Waals surface area contributed by atoms with Crippen molar-refractivity contribution in [1.82, 2.24) is 9.74 Å². The molecule has 1 N–H and O–H groups in total. The highest BCUT2D eigenvalue weighted by atomic mass is 35.5. The van der Waals surface area contributed by atoms with Crippen LogP contribution in [0.2, 0.25) is 0 Å². The Labute approximate surface area is 67.6 Å². The Bertz CT molecular complexity index is 143. The second-order valence-electron chi connectivity index (χ2n) is 3.88. The third kappa shape index (κ3) is 0.949. The van der Waals surface area contributed by atoms with Gasteiger partial charge in [-0.3, -0.25) is 5.32 Å². The van der Waals surface area contributed by atoms with E-state index in [2.05, 4.69) is 33.0 Å². The Morgan fingerprint density at radius 3 is 1.90 bits per heavy atom. The second-order valence-corrected chi connectivity index (χ2v) is 4.29. The van der Waals surface area contributed by atoms with Gasteiger partial charge in [-0.15, -0.1) is 0 Å². The maximum Gasteiger partial charge on any atom is 0.0640 e. The lowest BCUT2D eigenvalue weighted by Crippen LogP contribution is -2.50. The SMILES string of the molecule is CC1(C)NCN(Cl)C1(C)C. The van der Waals surface area contributed by atoms with Gasteiger partial charge in [-0.1, -0.05) is 0 Å². The van der Waals surface area contributed by atoms with Crippen molar-refractivity contribution in [2.45, 2.75) is 38.8 Å². The molecule has 10 heavy (non-hydrogen) atoms. The normalized spacial score (nSPS) is 30.9. The van der Waals surface area contributed by atoms with Crippen LogP contribution in [0.4, 0.5) is 0 Å². The molecule has 0 amide bonds. The van der Waals surface area contributed by atoms with Gasteiger partial charge in [-0.2, -0.15) is 4.42 Å². The molecule has 0 radical (unpaired) electrons. The van der Waals surface area contributed by atoms with E-state index in [1.54, 1.807) is 0 Å². The summed E-state index contributed by atoms with van der Waals surface area (Å²) in [7, 11) is 0. The van der Waals surface area contributed by atoms with E-state index in [-0.39, 0.29) is 11.1 Å². The van der Waals surface area contributed by atoms with Crippen LogP contribution in [0.15, 0.2) is 0 Å². The van der Waals surface area contributed by atoms with Crippen LogP contribution in [0, 0.1) is 0 Å². The number of hydrogen-bond acceptors (Lipinski definition) is 2. The lowest BCUT2D eigenvalue weighted by atomic mass is 9.85. The smallest absolute Gasteiger partial charge is 0.0640 e. The minimum Gasteiger partial charge on any atom is -0.296 e. The number of nitrogens with zero attached hydrogens (tertiary/aromatic N) is 1. The van der Waals surface area contributed by atoms with E-state index in [9.17, 15) is 0 Å². The molecule has 1 heterocycles. The Hall–Kier alpha value is 0.210. The van der Waals surface area contributed by atoms with Crippen LogP contribution < -0.4 is 5.32 Å². The Balaban J connectivity index is 2.84. The summed E-state index contributed by atoms with van der Waals surface area (Å²) in [5.41, 5.74) is 0.142. The first-order valence-electron chi connectivity index (χ1n) is 3.56. The highest BCUT2D eigenvalue weighted by Gasteiger charge is 2.46. The second kappa shape index (κ2) is 2.10. The molecule has 2 nitrogen and oxygen atoms in total. The van der Waals surface area contributed by atoms with Gasteiger partial charge in [0.1, 0.15) is 0 Å². The maximum absolute atomic E-state index is 5.96. The molecule has 0 bridgehead atoms. The number of halogens is 1. The molecule has 3 heteroatoms. The summed E-state index contributed by atoms with van der Waals surface area (Å²) in [5, 5.41) is 3.33. The Morgan fingerprint density at radius 2 is 1.80 bits per heavy atom. The summed E-state index contributed by atoms with van der Waals surface area (Å²) in [6.07, 6.45) is 0. The van der Waals surface area contributed by atoms with Gasteiger partial charge >= 0.3 is 0 Å². The molecule has 1 aliphatic heterocycles. The van der Waals surface area contributed by atoms with E-state index >= 15 is 0 Å². The standard InChI is InChI=1S/C7H15ClN2/c1-6(2)7(3,4)10(8)5-9-6/h9H,5H2,1-4H3. The molecule has 0 unspecified atom stereocenters. The molecule has 1 aliphatic rings. The fourth-order valence-corrected chi connectivity index (χ4v) is 1.26. The van der Waals surface area contributed by atoms with Gasteiger partial charge < -0.3 is 0 Å². The van der Waals surface area contributed by atoms with Gasteiger partial charge in [0.2, 0.25) is 0 Å². The van der Waals surface area contributed by atoms with Crippen molar-refractivity contribution in [3.8, 4) is 0 Å². The predicted octanol–water partition coefficient (Wildman–Crippen LogP) is 1.56.